The molecule has 3 aromatic heterocycles. The molecule has 3 nitrogen and oxygen atoms in total. The molecule has 0 aliphatic heterocycles. The highest BCUT2D eigenvalue weighted by molar-refractivity contribution is 9.11. The zero-order valence-electron chi connectivity index (χ0n) is 10.1. The number of nitrogen functional groups attached to an aromatic ring is 1. The standard InChI is InChI=1S/C14H8BrN3S2/c15-11-2-1-9(19-11)14-12(8-3-5-18-6-4-8)13(17)10(7-16)20-14/h1-6H,17H2. The zero-order valence-corrected chi connectivity index (χ0v) is 13.3. The van der Waals surface area contributed by atoms with Gasteiger partial charge < -0.3 is 5.73 Å². The molecule has 6 heteroatoms. The summed E-state index contributed by atoms with van der Waals surface area (Å²) in [7, 11) is 0. The Labute approximate surface area is 132 Å². The van der Waals surface area contributed by atoms with Crippen molar-refractivity contribution in [3.8, 4) is 27.0 Å². The molecule has 20 heavy (non-hydrogen) atoms. The summed E-state index contributed by atoms with van der Waals surface area (Å²) in [5, 5.41) is 9.22. The van der Waals surface area contributed by atoms with E-state index in [0.717, 1.165) is 24.7 Å². The van der Waals surface area contributed by atoms with Crippen LogP contribution in [0.2, 0.25) is 0 Å². The number of nitriles is 1. The van der Waals surface area contributed by atoms with E-state index in [1.165, 1.54) is 11.3 Å². The Morgan fingerprint density at radius 1 is 1.15 bits per heavy atom. The Morgan fingerprint density at radius 2 is 1.90 bits per heavy atom. The minimum atomic E-state index is 0.545. The van der Waals surface area contributed by atoms with Crippen molar-refractivity contribution in [2.75, 3.05) is 5.73 Å². The normalized spacial score (nSPS) is 10.4. The van der Waals surface area contributed by atoms with Gasteiger partial charge in [0.25, 0.3) is 0 Å². The lowest BCUT2D eigenvalue weighted by atomic mass is 10.1. The molecule has 98 valence electrons. The molecule has 3 aromatic rings. The first-order valence-corrected chi connectivity index (χ1v) is 8.11. The summed E-state index contributed by atoms with van der Waals surface area (Å²) in [6.45, 7) is 0. The predicted molar refractivity (Wildman–Crippen MR) is 87.7 cm³/mol. The van der Waals surface area contributed by atoms with Gasteiger partial charge in [0.2, 0.25) is 0 Å². The summed E-state index contributed by atoms with van der Waals surface area (Å²) >= 11 is 6.53. The quantitative estimate of drug-likeness (QED) is 0.715. The van der Waals surface area contributed by atoms with Gasteiger partial charge in [0.05, 0.1) is 14.4 Å². The summed E-state index contributed by atoms with van der Waals surface area (Å²) in [4.78, 5) is 6.71. The van der Waals surface area contributed by atoms with Crippen LogP contribution in [-0.2, 0) is 0 Å². The first-order valence-electron chi connectivity index (χ1n) is 5.69. The zero-order chi connectivity index (χ0) is 14.1. The topological polar surface area (TPSA) is 62.7 Å². The van der Waals surface area contributed by atoms with Gasteiger partial charge in [-0.1, -0.05) is 0 Å². The number of hydrogen-bond acceptors (Lipinski definition) is 5. The summed E-state index contributed by atoms with van der Waals surface area (Å²) in [5.41, 5.74) is 8.60. The van der Waals surface area contributed by atoms with Gasteiger partial charge >= 0.3 is 0 Å². The number of anilines is 1. The number of aromatic nitrogens is 1. The van der Waals surface area contributed by atoms with E-state index < -0.39 is 0 Å². The number of pyridine rings is 1. The van der Waals surface area contributed by atoms with E-state index in [4.69, 9.17) is 5.73 Å². The van der Waals surface area contributed by atoms with Crippen molar-refractivity contribution in [2.45, 2.75) is 0 Å². The fourth-order valence-electron chi connectivity index (χ4n) is 1.94. The van der Waals surface area contributed by atoms with E-state index in [2.05, 4.69) is 27.0 Å². The van der Waals surface area contributed by atoms with Crippen LogP contribution in [-0.4, -0.2) is 4.98 Å². The predicted octanol–water partition coefficient (Wildman–Crippen LogP) is 4.75. The molecule has 0 unspecified atom stereocenters. The van der Waals surface area contributed by atoms with Crippen LogP contribution in [0.4, 0.5) is 5.69 Å². The maximum absolute atomic E-state index is 9.22. The Bertz CT molecular complexity index is 800. The molecule has 0 saturated carbocycles. The van der Waals surface area contributed by atoms with Crippen molar-refractivity contribution in [3.05, 3.63) is 45.3 Å². The van der Waals surface area contributed by atoms with Crippen LogP contribution < -0.4 is 5.73 Å². The molecule has 0 spiro atoms. The second kappa shape index (κ2) is 5.37. The lowest BCUT2D eigenvalue weighted by Crippen LogP contribution is -1.89. The van der Waals surface area contributed by atoms with Gasteiger partial charge in [0.1, 0.15) is 10.9 Å². The van der Waals surface area contributed by atoms with Crippen molar-refractivity contribution in [3.63, 3.8) is 0 Å². The molecule has 0 amide bonds. The van der Waals surface area contributed by atoms with Gasteiger partial charge in [-0.25, -0.2) is 0 Å². The van der Waals surface area contributed by atoms with Crippen LogP contribution >= 0.6 is 38.6 Å². The molecule has 0 radical (unpaired) electrons. The van der Waals surface area contributed by atoms with E-state index in [9.17, 15) is 5.26 Å². The first-order chi connectivity index (χ1) is 9.70. The number of nitrogens with two attached hydrogens (primary N) is 1. The van der Waals surface area contributed by atoms with Crippen LogP contribution in [0.3, 0.4) is 0 Å². The Hall–Kier alpha value is -1.68. The second-order valence-electron chi connectivity index (χ2n) is 4.00. The minimum absolute atomic E-state index is 0.545. The third kappa shape index (κ3) is 2.24. The van der Waals surface area contributed by atoms with Crippen LogP contribution in [0.15, 0.2) is 40.4 Å². The molecular formula is C14H8BrN3S2. The van der Waals surface area contributed by atoms with E-state index in [0.29, 0.717) is 10.6 Å². The maximum Gasteiger partial charge on any atom is 0.129 e. The van der Waals surface area contributed by atoms with Gasteiger partial charge in [-0.05, 0) is 45.8 Å². The molecule has 0 aliphatic carbocycles. The van der Waals surface area contributed by atoms with Crippen molar-refractivity contribution in [2.24, 2.45) is 0 Å². The second-order valence-corrected chi connectivity index (χ2v) is 7.48. The Kier molecular flexibility index (Phi) is 3.57. The molecule has 3 heterocycles. The fourth-order valence-corrected chi connectivity index (χ4v) is 4.48. The third-order valence-corrected chi connectivity index (χ3v) is 5.73. The third-order valence-electron chi connectivity index (χ3n) is 2.81. The molecule has 0 fully saturated rings. The van der Waals surface area contributed by atoms with Gasteiger partial charge in [-0.2, -0.15) is 5.26 Å². The van der Waals surface area contributed by atoms with Gasteiger partial charge in [-0.15, -0.1) is 22.7 Å². The molecule has 0 saturated heterocycles. The number of nitrogens with zero attached hydrogens (tertiary/aromatic N) is 2. The molecule has 0 atom stereocenters. The molecule has 0 bridgehead atoms. The monoisotopic (exact) mass is 361 g/mol. The average Bonchev–Trinajstić information content (AvgIpc) is 3.03. The molecule has 3 rings (SSSR count). The number of thiophene rings is 2. The van der Waals surface area contributed by atoms with Crippen LogP contribution in [0, 0.1) is 11.3 Å². The average molecular weight is 362 g/mol. The van der Waals surface area contributed by atoms with Crippen molar-refractivity contribution >= 4 is 44.3 Å². The largest absolute Gasteiger partial charge is 0.396 e. The van der Waals surface area contributed by atoms with Crippen LogP contribution in [0.1, 0.15) is 4.88 Å². The first kappa shape index (κ1) is 13.3. The van der Waals surface area contributed by atoms with Crippen LogP contribution in [0.5, 0.6) is 0 Å². The number of halogens is 1. The van der Waals surface area contributed by atoms with E-state index in [1.54, 1.807) is 23.7 Å². The Morgan fingerprint density at radius 3 is 2.50 bits per heavy atom. The SMILES string of the molecule is N#Cc1sc(-c2ccc(Br)s2)c(-c2ccncc2)c1N. The molecule has 0 aliphatic rings. The van der Waals surface area contributed by atoms with Crippen LogP contribution in [0.25, 0.3) is 20.9 Å². The summed E-state index contributed by atoms with van der Waals surface area (Å²) < 4.78 is 1.05. The maximum atomic E-state index is 9.22. The van der Waals surface area contributed by atoms with E-state index >= 15 is 0 Å². The van der Waals surface area contributed by atoms with Gasteiger partial charge in [0, 0.05) is 22.8 Å². The number of hydrogen-bond donors (Lipinski definition) is 1. The summed E-state index contributed by atoms with van der Waals surface area (Å²) in [6, 6.07) is 10.0. The van der Waals surface area contributed by atoms with Crippen molar-refractivity contribution < 1.29 is 0 Å². The molecule has 2 N–H and O–H groups in total. The summed E-state index contributed by atoms with van der Waals surface area (Å²) in [6.07, 6.45) is 3.46. The lowest BCUT2D eigenvalue weighted by Gasteiger charge is -2.03. The van der Waals surface area contributed by atoms with Crippen molar-refractivity contribution in [1.29, 1.82) is 5.26 Å². The smallest absolute Gasteiger partial charge is 0.129 e. The van der Waals surface area contributed by atoms with Gasteiger partial charge in [0.15, 0.2) is 0 Å². The highest BCUT2D eigenvalue weighted by Gasteiger charge is 2.19. The highest BCUT2D eigenvalue weighted by Crippen LogP contribution is 2.47. The fraction of sp³-hybridized carbons (Fsp3) is 0. The van der Waals surface area contributed by atoms with Crippen molar-refractivity contribution in [1.82, 2.24) is 4.98 Å². The van der Waals surface area contributed by atoms with E-state index in [-0.39, 0.29) is 0 Å². The highest BCUT2D eigenvalue weighted by atomic mass is 79.9. The van der Waals surface area contributed by atoms with Gasteiger partial charge in [-0.3, -0.25) is 4.98 Å². The summed E-state index contributed by atoms with van der Waals surface area (Å²) in [5.74, 6) is 0. The molecule has 0 aromatic carbocycles. The Balaban J connectivity index is 2.28. The molecular weight excluding hydrogens is 354 g/mol. The lowest BCUT2D eigenvalue weighted by molar-refractivity contribution is 1.33. The number of rotatable bonds is 2. The van der Waals surface area contributed by atoms with E-state index in [1.807, 2.05) is 24.3 Å². The minimum Gasteiger partial charge on any atom is -0.396 e.